The molecule has 0 unspecified atom stereocenters. The fraction of sp³-hybridized carbons (Fsp3) is 0. The molecule has 88 valence electrons. The van der Waals surface area contributed by atoms with E-state index in [9.17, 15) is 4.79 Å². The van der Waals surface area contributed by atoms with Crippen LogP contribution >= 0.6 is 0 Å². The predicted octanol–water partition coefficient (Wildman–Crippen LogP) is 1.51. The Balaban J connectivity index is 2.10. The van der Waals surface area contributed by atoms with Gasteiger partial charge in [0.2, 0.25) is 0 Å². The molecule has 18 heavy (non-hydrogen) atoms. The van der Waals surface area contributed by atoms with E-state index in [1.54, 1.807) is 6.20 Å². The summed E-state index contributed by atoms with van der Waals surface area (Å²) in [7, 11) is 0. The SMILES string of the molecule is O=C(O)c1cn(-c2cnc3ccccc3n2)cn1. The number of aromatic nitrogens is 4. The molecular formula is C12H8N4O2. The number of hydrogen-bond donors (Lipinski definition) is 1. The molecule has 0 aliphatic carbocycles. The van der Waals surface area contributed by atoms with Gasteiger partial charge in [-0.15, -0.1) is 0 Å². The van der Waals surface area contributed by atoms with Gasteiger partial charge in [0.25, 0.3) is 0 Å². The molecule has 3 rings (SSSR count). The summed E-state index contributed by atoms with van der Waals surface area (Å²) in [5.74, 6) is -0.531. The number of nitrogens with zero attached hydrogens (tertiary/aromatic N) is 4. The van der Waals surface area contributed by atoms with Crippen LogP contribution in [0.15, 0.2) is 43.0 Å². The topological polar surface area (TPSA) is 80.9 Å². The summed E-state index contributed by atoms with van der Waals surface area (Å²) in [6.45, 7) is 0. The number of fused-ring (bicyclic) bond motifs is 1. The Kier molecular flexibility index (Phi) is 2.26. The van der Waals surface area contributed by atoms with E-state index < -0.39 is 5.97 Å². The van der Waals surface area contributed by atoms with Crippen LogP contribution in [-0.4, -0.2) is 30.6 Å². The van der Waals surface area contributed by atoms with E-state index in [4.69, 9.17) is 5.11 Å². The second-order valence-corrected chi connectivity index (χ2v) is 3.69. The van der Waals surface area contributed by atoms with Gasteiger partial charge in [-0.3, -0.25) is 9.55 Å². The number of carboxylic acids is 1. The van der Waals surface area contributed by atoms with Gasteiger partial charge < -0.3 is 5.11 Å². The minimum Gasteiger partial charge on any atom is -0.476 e. The van der Waals surface area contributed by atoms with Crippen LogP contribution < -0.4 is 0 Å². The summed E-state index contributed by atoms with van der Waals surface area (Å²) >= 11 is 0. The summed E-state index contributed by atoms with van der Waals surface area (Å²) < 4.78 is 1.53. The van der Waals surface area contributed by atoms with Crippen molar-refractivity contribution in [1.82, 2.24) is 19.5 Å². The Labute approximate surface area is 102 Å². The maximum atomic E-state index is 10.7. The van der Waals surface area contributed by atoms with Crippen LogP contribution in [0.5, 0.6) is 0 Å². The number of hydrogen-bond acceptors (Lipinski definition) is 4. The van der Waals surface area contributed by atoms with Crippen LogP contribution in [0.4, 0.5) is 0 Å². The third-order valence-electron chi connectivity index (χ3n) is 2.50. The predicted molar refractivity (Wildman–Crippen MR) is 63.6 cm³/mol. The van der Waals surface area contributed by atoms with Crippen molar-refractivity contribution in [1.29, 1.82) is 0 Å². The van der Waals surface area contributed by atoms with Crippen molar-refractivity contribution in [3.05, 3.63) is 48.7 Å². The van der Waals surface area contributed by atoms with E-state index in [2.05, 4.69) is 15.0 Å². The summed E-state index contributed by atoms with van der Waals surface area (Å²) in [6.07, 6.45) is 4.39. The quantitative estimate of drug-likeness (QED) is 0.734. The third kappa shape index (κ3) is 1.69. The fourth-order valence-corrected chi connectivity index (χ4v) is 1.63. The van der Waals surface area contributed by atoms with Crippen LogP contribution in [0.2, 0.25) is 0 Å². The van der Waals surface area contributed by atoms with Gasteiger partial charge in [0, 0.05) is 6.20 Å². The zero-order chi connectivity index (χ0) is 12.5. The van der Waals surface area contributed by atoms with Crippen LogP contribution in [0.1, 0.15) is 10.5 Å². The molecule has 0 aliphatic heterocycles. The number of rotatable bonds is 2. The number of benzene rings is 1. The Hall–Kier alpha value is -2.76. The van der Waals surface area contributed by atoms with E-state index in [0.717, 1.165) is 11.0 Å². The molecule has 2 aromatic heterocycles. The minimum absolute atomic E-state index is 0.0232. The fourth-order valence-electron chi connectivity index (χ4n) is 1.63. The molecule has 2 heterocycles. The van der Waals surface area contributed by atoms with E-state index in [0.29, 0.717) is 5.82 Å². The molecule has 0 radical (unpaired) electrons. The summed E-state index contributed by atoms with van der Waals surface area (Å²) in [5.41, 5.74) is 1.52. The number of aromatic carboxylic acids is 1. The number of carbonyl (C=O) groups is 1. The van der Waals surface area contributed by atoms with Gasteiger partial charge in [0.05, 0.1) is 17.2 Å². The highest BCUT2D eigenvalue weighted by Gasteiger charge is 2.08. The van der Waals surface area contributed by atoms with Crippen molar-refractivity contribution in [2.75, 3.05) is 0 Å². The maximum Gasteiger partial charge on any atom is 0.356 e. The Morgan fingerprint density at radius 1 is 1.17 bits per heavy atom. The molecule has 1 N–H and O–H groups in total. The van der Waals surface area contributed by atoms with Crippen molar-refractivity contribution in [3.63, 3.8) is 0 Å². The maximum absolute atomic E-state index is 10.7. The molecule has 3 aromatic rings. The van der Waals surface area contributed by atoms with Crippen molar-refractivity contribution in [2.24, 2.45) is 0 Å². The zero-order valence-electron chi connectivity index (χ0n) is 9.19. The monoisotopic (exact) mass is 240 g/mol. The van der Waals surface area contributed by atoms with Crippen molar-refractivity contribution >= 4 is 17.0 Å². The first-order valence-corrected chi connectivity index (χ1v) is 5.23. The molecule has 0 fully saturated rings. The first-order valence-electron chi connectivity index (χ1n) is 5.23. The lowest BCUT2D eigenvalue weighted by atomic mass is 10.3. The van der Waals surface area contributed by atoms with Crippen molar-refractivity contribution < 1.29 is 9.90 Å². The summed E-state index contributed by atoms with van der Waals surface area (Å²) in [5, 5.41) is 8.80. The first-order chi connectivity index (χ1) is 8.74. The van der Waals surface area contributed by atoms with Crippen LogP contribution in [0, 0.1) is 0 Å². The summed E-state index contributed by atoms with van der Waals surface area (Å²) in [4.78, 5) is 23.2. The van der Waals surface area contributed by atoms with Gasteiger partial charge in [-0.2, -0.15) is 0 Å². The zero-order valence-corrected chi connectivity index (χ0v) is 9.19. The van der Waals surface area contributed by atoms with E-state index >= 15 is 0 Å². The lowest BCUT2D eigenvalue weighted by molar-refractivity contribution is 0.0691. The molecule has 0 aliphatic rings. The van der Waals surface area contributed by atoms with Gasteiger partial charge in [-0.25, -0.2) is 14.8 Å². The highest BCUT2D eigenvalue weighted by molar-refractivity contribution is 5.85. The number of para-hydroxylation sites is 2. The van der Waals surface area contributed by atoms with Gasteiger partial charge in [-0.1, -0.05) is 12.1 Å². The highest BCUT2D eigenvalue weighted by Crippen LogP contribution is 2.11. The molecule has 6 heteroatoms. The van der Waals surface area contributed by atoms with Crippen molar-refractivity contribution in [2.45, 2.75) is 0 Å². The molecule has 1 aromatic carbocycles. The smallest absolute Gasteiger partial charge is 0.356 e. The van der Waals surface area contributed by atoms with E-state index in [-0.39, 0.29) is 5.69 Å². The standard InChI is InChI=1S/C12H8N4O2/c17-12(18)10-6-16(7-14-10)11-5-13-8-3-1-2-4-9(8)15-11/h1-7H,(H,17,18). The van der Waals surface area contributed by atoms with Gasteiger partial charge in [0.1, 0.15) is 6.33 Å². The Morgan fingerprint density at radius 3 is 2.67 bits per heavy atom. The minimum atomic E-state index is -1.07. The van der Waals surface area contributed by atoms with Gasteiger partial charge >= 0.3 is 5.97 Å². The Bertz CT molecular complexity index is 736. The molecule has 0 bridgehead atoms. The second-order valence-electron chi connectivity index (χ2n) is 3.69. The molecule has 0 atom stereocenters. The van der Waals surface area contributed by atoms with Crippen LogP contribution in [0.25, 0.3) is 16.9 Å². The molecule has 0 saturated carbocycles. The van der Waals surface area contributed by atoms with E-state index in [1.165, 1.54) is 17.1 Å². The van der Waals surface area contributed by atoms with E-state index in [1.807, 2.05) is 24.3 Å². The first kappa shape index (κ1) is 10.4. The van der Waals surface area contributed by atoms with Gasteiger partial charge in [0.15, 0.2) is 11.5 Å². The normalized spacial score (nSPS) is 10.7. The lowest BCUT2D eigenvalue weighted by Gasteiger charge is -2.01. The van der Waals surface area contributed by atoms with Gasteiger partial charge in [-0.05, 0) is 12.1 Å². The van der Waals surface area contributed by atoms with Crippen LogP contribution in [0.3, 0.4) is 0 Å². The number of carboxylic acid groups (broad SMARTS) is 1. The number of imidazole rings is 1. The molecule has 0 saturated heterocycles. The molecule has 0 spiro atoms. The lowest BCUT2D eigenvalue weighted by Crippen LogP contribution is -1.98. The largest absolute Gasteiger partial charge is 0.476 e. The molecule has 0 amide bonds. The Morgan fingerprint density at radius 2 is 1.94 bits per heavy atom. The highest BCUT2D eigenvalue weighted by atomic mass is 16.4. The molecule has 6 nitrogen and oxygen atoms in total. The van der Waals surface area contributed by atoms with Crippen LogP contribution in [-0.2, 0) is 0 Å². The average Bonchev–Trinajstić information content (AvgIpc) is 2.88. The van der Waals surface area contributed by atoms with Crippen molar-refractivity contribution in [3.8, 4) is 5.82 Å². The average molecular weight is 240 g/mol. The summed E-state index contributed by atoms with van der Waals surface area (Å²) in [6, 6.07) is 7.47. The third-order valence-corrected chi connectivity index (χ3v) is 2.50. The second kappa shape index (κ2) is 3.92. The molecular weight excluding hydrogens is 232 g/mol.